The zero-order valence-corrected chi connectivity index (χ0v) is 10.1. The van der Waals surface area contributed by atoms with E-state index in [9.17, 15) is 14.4 Å². The number of hydrogen-bond acceptors (Lipinski definition) is 3. The van der Waals surface area contributed by atoms with Gasteiger partial charge in [0.2, 0.25) is 0 Å². The highest BCUT2D eigenvalue weighted by atomic mass is 16.2. The topological polar surface area (TPSA) is 66.5 Å². The van der Waals surface area contributed by atoms with Crippen molar-refractivity contribution >= 4 is 23.5 Å². The molecule has 18 heavy (non-hydrogen) atoms. The third kappa shape index (κ3) is 2.25. The first-order chi connectivity index (χ1) is 8.63. The number of rotatable bonds is 4. The van der Waals surface area contributed by atoms with Gasteiger partial charge >= 0.3 is 17.8 Å². The maximum atomic E-state index is 11.5. The average Bonchev–Trinajstić information content (AvgIpc) is 2.62. The fourth-order valence-electron chi connectivity index (χ4n) is 1.83. The molecule has 94 valence electrons. The molecule has 0 saturated carbocycles. The zero-order chi connectivity index (χ0) is 13.1. The van der Waals surface area contributed by atoms with Crippen LogP contribution >= 0.6 is 0 Å². The van der Waals surface area contributed by atoms with E-state index in [1.165, 1.54) is 0 Å². The number of amides is 4. The van der Waals surface area contributed by atoms with Crippen LogP contribution in [0.2, 0.25) is 0 Å². The molecule has 1 aromatic rings. The Morgan fingerprint density at radius 1 is 1.11 bits per heavy atom. The maximum absolute atomic E-state index is 11.5. The molecule has 0 unspecified atom stereocenters. The number of unbranched alkanes of at least 4 members (excludes halogenated alkanes) is 1. The molecule has 1 aliphatic heterocycles. The van der Waals surface area contributed by atoms with Crippen LogP contribution in [0.25, 0.3) is 0 Å². The molecule has 0 aromatic heterocycles. The zero-order valence-electron chi connectivity index (χ0n) is 10.1. The Balaban J connectivity index is 2.17. The van der Waals surface area contributed by atoms with Crippen LogP contribution in [0.3, 0.4) is 0 Å². The SMILES string of the molecule is CCCCc1ccc(N2C(=O)NC(=O)C2=O)cc1. The van der Waals surface area contributed by atoms with Crippen molar-refractivity contribution in [2.75, 3.05) is 4.90 Å². The first kappa shape index (κ1) is 12.3. The van der Waals surface area contributed by atoms with Gasteiger partial charge in [-0.1, -0.05) is 25.5 Å². The predicted octanol–water partition coefficient (Wildman–Crippen LogP) is 1.61. The first-order valence-corrected chi connectivity index (χ1v) is 5.92. The van der Waals surface area contributed by atoms with Crippen molar-refractivity contribution in [3.63, 3.8) is 0 Å². The van der Waals surface area contributed by atoms with Crippen molar-refractivity contribution in [3.8, 4) is 0 Å². The molecule has 0 bridgehead atoms. The molecule has 1 N–H and O–H groups in total. The minimum Gasteiger partial charge on any atom is -0.269 e. The van der Waals surface area contributed by atoms with Gasteiger partial charge in [-0.25, -0.2) is 9.69 Å². The van der Waals surface area contributed by atoms with Crippen LogP contribution in [0.15, 0.2) is 24.3 Å². The summed E-state index contributed by atoms with van der Waals surface area (Å²) in [7, 11) is 0. The minimum absolute atomic E-state index is 0.420. The molecular weight excluding hydrogens is 232 g/mol. The number of nitrogens with one attached hydrogen (secondary N) is 1. The Labute approximate surface area is 105 Å². The molecular formula is C13H14N2O3. The third-order valence-electron chi connectivity index (χ3n) is 2.83. The van der Waals surface area contributed by atoms with Gasteiger partial charge < -0.3 is 0 Å². The Hall–Kier alpha value is -2.17. The van der Waals surface area contributed by atoms with Gasteiger partial charge in [-0.15, -0.1) is 0 Å². The lowest BCUT2D eigenvalue weighted by atomic mass is 10.1. The molecule has 2 rings (SSSR count). The highest BCUT2D eigenvalue weighted by molar-refractivity contribution is 6.53. The van der Waals surface area contributed by atoms with Crippen molar-refractivity contribution in [1.29, 1.82) is 0 Å². The number of urea groups is 1. The summed E-state index contributed by atoms with van der Waals surface area (Å²) in [6.07, 6.45) is 3.18. The summed E-state index contributed by atoms with van der Waals surface area (Å²) in [5, 5.41) is 1.96. The minimum atomic E-state index is -0.880. The van der Waals surface area contributed by atoms with Gasteiger partial charge in [0.1, 0.15) is 0 Å². The monoisotopic (exact) mass is 246 g/mol. The van der Waals surface area contributed by atoms with E-state index in [1.807, 2.05) is 17.4 Å². The number of aryl methyl sites for hydroxylation is 1. The van der Waals surface area contributed by atoms with Crippen molar-refractivity contribution in [2.45, 2.75) is 26.2 Å². The van der Waals surface area contributed by atoms with E-state index in [2.05, 4.69) is 6.92 Å². The second-order valence-electron chi connectivity index (χ2n) is 4.17. The number of hydrogen-bond donors (Lipinski definition) is 1. The lowest BCUT2D eigenvalue weighted by Gasteiger charge is -2.11. The highest BCUT2D eigenvalue weighted by Gasteiger charge is 2.37. The molecule has 4 amide bonds. The molecule has 0 aliphatic carbocycles. The smallest absolute Gasteiger partial charge is 0.269 e. The highest BCUT2D eigenvalue weighted by Crippen LogP contribution is 2.19. The number of nitrogens with zero attached hydrogens (tertiary/aromatic N) is 1. The summed E-state index contributed by atoms with van der Waals surface area (Å²) in [6, 6.07) is 6.41. The van der Waals surface area contributed by atoms with Crippen LogP contribution in [0.5, 0.6) is 0 Å². The second-order valence-corrected chi connectivity index (χ2v) is 4.17. The van der Waals surface area contributed by atoms with Crippen LogP contribution in [-0.2, 0) is 16.0 Å². The fraction of sp³-hybridized carbons (Fsp3) is 0.308. The predicted molar refractivity (Wildman–Crippen MR) is 66.1 cm³/mol. The summed E-state index contributed by atoms with van der Waals surface area (Å²) in [5.74, 6) is -1.71. The molecule has 0 spiro atoms. The quantitative estimate of drug-likeness (QED) is 0.648. The molecule has 5 heteroatoms. The van der Waals surface area contributed by atoms with Gasteiger partial charge in [-0.05, 0) is 30.5 Å². The van der Waals surface area contributed by atoms with Gasteiger partial charge in [-0.3, -0.25) is 14.9 Å². The average molecular weight is 246 g/mol. The van der Waals surface area contributed by atoms with Crippen LogP contribution in [0.1, 0.15) is 25.3 Å². The molecule has 5 nitrogen and oxygen atoms in total. The summed E-state index contributed by atoms with van der Waals surface area (Å²) < 4.78 is 0. The molecule has 1 heterocycles. The second kappa shape index (κ2) is 5.00. The van der Waals surface area contributed by atoms with Crippen LogP contribution in [-0.4, -0.2) is 17.8 Å². The molecule has 0 atom stereocenters. The number of carbonyl (C=O) groups is 3. The standard InChI is InChI=1S/C13H14N2O3/c1-2-3-4-9-5-7-10(8-6-9)15-12(17)11(16)14-13(15)18/h5-8H,2-4H2,1H3,(H,14,16,18). The summed E-state index contributed by atoms with van der Waals surface area (Å²) >= 11 is 0. The lowest BCUT2D eigenvalue weighted by Crippen LogP contribution is -2.30. The lowest BCUT2D eigenvalue weighted by molar-refractivity contribution is -0.134. The number of carbonyl (C=O) groups excluding carboxylic acids is 3. The molecule has 0 radical (unpaired) electrons. The van der Waals surface area contributed by atoms with E-state index >= 15 is 0 Å². The number of imide groups is 2. The van der Waals surface area contributed by atoms with Crippen molar-refractivity contribution in [3.05, 3.63) is 29.8 Å². The maximum Gasteiger partial charge on any atom is 0.336 e. The number of benzene rings is 1. The Morgan fingerprint density at radius 3 is 2.28 bits per heavy atom. The fourth-order valence-corrected chi connectivity index (χ4v) is 1.83. The van der Waals surface area contributed by atoms with E-state index in [0.29, 0.717) is 5.69 Å². The summed E-state index contributed by atoms with van der Waals surface area (Å²) in [4.78, 5) is 34.8. The van der Waals surface area contributed by atoms with E-state index in [4.69, 9.17) is 0 Å². The van der Waals surface area contributed by atoms with Gasteiger partial charge in [0, 0.05) is 0 Å². The van der Waals surface area contributed by atoms with Crippen molar-refractivity contribution in [2.24, 2.45) is 0 Å². The Kier molecular flexibility index (Phi) is 3.41. The van der Waals surface area contributed by atoms with Crippen molar-refractivity contribution < 1.29 is 14.4 Å². The number of anilines is 1. The van der Waals surface area contributed by atoms with Crippen LogP contribution in [0.4, 0.5) is 10.5 Å². The first-order valence-electron chi connectivity index (χ1n) is 5.92. The van der Waals surface area contributed by atoms with E-state index < -0.39 is 17.8 Å². The summed E-state index contributed by atoms with van der Waals surface area (Å²) in [5.41, 5.74) is 1.57. The molecule has 1 fully saturated rings. The Morgan fingerprint density at radius 2 is 1.78 bits per heavy atom. The van der Waals surface area contributed by atoms with E-state index in [1.54, 1.807) is 12.1 Å². The summed E-state index contributed by atoms with van der Waals surface area (Å²) in [6.45, 7) is 2.12. The van der Waals surface area contributed by atoms with Gasteiger partial charge in [0.15, 0.2) is 0 Å². The van der Waals surface area contributed by atoms with E-state index in [-0.39, 0.29) is 0 Å². The van der Waals surface area contributed by atoms with Gasteiger partial charge in [-0.2, -0.15) is 0 Å². The molecule has 1 aromatic carbocycles. The van der Waals surface area contributed by atoms with Gasteiger partial charge in [0.05, 0.1) is 5.69 Å². The largest absolute Gasteiger partial charge is 0.336 e. The molecule has 1 aliphatic rings. The molecule has 1 saturated heterocycles. The van der Waals surface area contributed by atoms with Crippen LogP contribution < -0.4 is 10.2 Å². The third-order valence-corrected chi connectivity index (χ3v) is 2.83. The van der Waals surface area contributed by atoms with Gasteiger partial charge in [0.25, 0.3) is 0 Å². The van der Waals surface area contributed by atoms with E-state index in [0.717, 1.165) is 29.7 Å². The normalized spacial score (nSPS) is 15.2. The Bertz CT molecular complexity index is 493. The van der Waals surface area contributed by atoms with Crippen molar-refractivity contribution in [1.82, 2.24) is 5.32 Å². The van der Waals surface area contributed by atoms with Crippen LogP contribution in [0, 0.1) is 0 Å².